The number of halogens is 1. The minimum absolute atomic E-state index is 0.529. The van der Waals surface area contributed by atoms with Gasteiger partial charge in [0.05, 0.1) is 12.7 Å². The van der Waals surface area contributed by atoms with Crippen LogP contribution >= 0.6 is 27.3 Å². The molecule has 96 valence electrons. The average Bonchev–Trinajstić information content (AvgIpc) is 2.76. The fourth-order valence-corrected chi connectivity index (χ4v) is 3.29. The van der Waals surface area contributed by atoms with E-state index in [1.807, 2.05) is 42.6 Å². The minimum Gasteiger partial charge on any atom is -0.493 e. The number of hydrogen-bond donors (Lipinski definition) is 1. The highest BCUT2D eigenvalue weighted by atomic mass is 79.9. The maximum absolute atomic E-state index is 10.3. The van der Waals surface area contributed by atoms with Crippen molar-refractivity contribution in [1.82, 2.24) is 0 Å². The lowest BCUT2D eigenvalue weighted by Gasteiger charge is -2.14. The molecule has 0 bridgehead atoms. The predicted molar refractivity (Wildman–Crippen MR) is 78.3 cm³/mol. The Bertz CT molecular complexity index is 510. The van der Waals surface area contributed by atoms with Crippen LogP contribution in [0.15, 0.2) is 40.2 Å². The second-order valence-corrected chi connectivity index (χ2v) is 5.83. The quantitative estimate of drug-likeness (QED) is 0.892. The molecule has 0 aliphatic rings. The lowest BCUT2D eigenvalue weighted by molar-refractivity contribution is 0.173. The second-order valence-electron chi connectivity index (χ2n) is 3.92. The van der Waals surface area contributed by atoms with Gasteiger partial charge in [-0.1, -0.05) is 18.2 Å². The van der Waals surface area contributed by atoms with Gasteiger partial charge in [-0.3, -0.25) is 0 Å². The summed E-state index contributed by atoms with van der Waals surface area (Å²) in [6.07, 6.45) is 0.0821. The van der Waals surface area contributed by atoms with Gasteiger partial charge in [-0.05, 0) is 35.0 Å². The van der Waals surface area contributed by atoms with Crippen molar-refractivity contribution in [2.45, 2.75) is 19.4 Å². The summed E-state index contributed by atoms with van der Waals surface area (Å²) in [5.41, 5.74) is 0.851. The third kappa shape index (κ3) is 3.34. The Morgan fingerprint density at radius 1 is 1.39 bits per heavy atom. The molecule has 0 aliphatic heterocycles. The van der Waals surface area contributed by atoms with Gasteiger partial charge in [0.1, 0.15) is 5.75 Å². The van der Waals surface area contributed by atoms with Crippen LogP contribution in [0.5, 0.6) is 5.75 Å². The van der Waals surface area contributed by atoms with E-state index in [4.69, 9.17) is 4.74 Å². The molecular formula is C14H15BrO2S. The van der Waals surface area contributed by atoms with Gasteiger partial charge in [-0.2, -0.15) is 0 Å². The Hall–Kier alpha value is -0.840. The monoisotopic (exact) mass is 326 g/mol. The van der Waals surface area contributed by atoms with Crippen molar-refractivity contribution in [2.75, 3.05) is 6.61 Å². The lowest BCUT2D eigenvalue weighted by Crippen LogP contribution is -2.04. The van der Waals surface area contributed by atoms with Crippen molar-refractivity contribution in [3.8, 4) is 5.75 Å². The zero-order valence-corrected chi connectivity index (χ0v) is 12.5. The molecule has 1 heterocycles. The van der Waals surface area contributed by atoms with Gasteiger partial charge in [0.15, 0.2) is 0 Å². The number of benzene rings is 1. The summed E-state index contributed by atoms with van der Waals surface area (Å²) in [4.78, 5) is 1.15. The van der Waals surface area contributed by atoms with Crippen LogP contribution in [-0.4, -0.2) is 11.7 Å². The molecule has 1 aromatic carbocycles. The topological polar surface area (TPSA) is 29.5 Å². The molecule has 2 rings (SSSR count). The van der Waals surface area contributed by atoms with Crippen LogP contribution in [0.1, 0.15) is 23.5 Å². The number of rotatable bonds is 5. The molecule has 0 spiro atoms. The second kappa shape index (κ2) is 6.36. The first-order valence-electron chi connectivity index (χ1n) is 5.83. The van der Waals surface area contributed by atoms with E-state index in [0.717, 1.165) is 20.7 Å². The largest absolute Gasteiger partial charge is 0.493 e. The summed E-state index contributed by atoms with van der Waals surface area (Å²) < 4.78 is 6.60. The van der Waals surface area contributed by atoms with Crippen LogP contribution < -0.4 is 4.74 Å². The van der Waals surface area contributed by atoms with Gasteiger partial charge in [-0.25, -0.2) is 0 Å². The molecule has 0 aliphatic carbocycles. The van der Waals surface area contributed by atoms with Crippen LogP contribution in [0.4, 0.5) is 0 Å². The summed E-state index contributed by atoms with van der Waals surface area (Å²) in [5, 5.41) is 12.3. The van der Waals surface area contributed by atoms with E-state index in [1.54, 1.807) is 11.3 Å². The van der Waals surface area contributed by atoms with E-state index in [1.165, 1.54) is 0 Å². The smallest absolute Gasteiger partial charge is 0.125 e. The van der Waals surface area contributed by atoms with Crippen molar-refractivity contribution < 1.29 is 9.84 Å². The molecule has 0 radical (unpaired) electrons. The van der Waals surface area contributed by atoms with Crippen LogP contribution in [-0.2, 0) is 6.42 Å². The van der Waals surface area contributed by atoms with Gasteiger partial charge in [0.25, 0.3) is 0 Å². The Morgan fingerprint density at radius 2 is 2.17 bits per heavy atom. The van der Waals surface area contributed by atoms with Gasteiger partial charge < -0.3 is 9.84 Å². The lowest BCUT2D eigenvalue weighted by atomic mass is 10.0. The first kappa shape index (κ1) is 13.6. The SMILES string of the molecule is CCOc1ccccc1C(O)Cc1cc(Br)cs1. The zero-order valence-electron chi connectivity index (χ0n) is 10.1. The Morgan fingerprint density at radius 3 is 2.83 bits per heavy atom. The predicted octanol–water partition coefficient (Wildman–Crippen LogP) is 4.19. The maximum Gasteiger partial charge on any atom is 0.125 e. The number of para-hydroxylation sites is 1. The van der Waals surface area contributed by atoms with Crippen LogP contribution in [0.25, 0.3) is 0 Å². The molecule has 4 heteroatoms. The van der Waals surface area contributed by atoms with Crippen molar-refractivity contribution in [1.29, 1.82) is 0 Å². The number of ether oxygens (including phenoxy) is 1. The number of aliphatic hydroxyl groups excluding tert-OH is 1. The Kier molecular flexibility index (Phi) is 4.80. The Balaban J connectivity index is 2.15. The maximum atomic E-state index is 10.3. The zero-order chi connectivity index (χ0) is 13.0. The first-order chi connectivity index (χ1) is 8.70. The van der Waals surface area contributed by atoms with E-state index in [9.17, 15) is 5.11 Å². The van der Waals surface area contributed by atoms with E-state index in [2.05, 4.69) is 15.9 Å². The molecular weight excluding hydrogens is 312 g/mol. The number of aliphatic hydroxyl groups is 1. The summed E-state index contributed by atoms with van der Waals surface area (Å²) >= 11 is 5.07. The summed E-state index contributed by atoms with van der Waals surface area (Å²) in [6, 6.07) is 9.69. The third-order valence-electron chi connectivity index (χ3n) is 2.59. The highest BCUT2D eigenvalue weighted by molar-refractivity contribution is 9.10. The average molecular weight is 327 g/mol. The fraction of sp³-hybridized carbons (Fsp3) is 0.286. The van der Waals surface area contributed by atoms with Crippen molar-refractivity contribution in [2.24, 2.45) is 0 Å². The number of hydrogen-bond acceptors (Lipinski definition) is 3. The van der Waals surface area contributed by atoms with Crippen molar-refractivity contribution in [3.05, 3.63) is 50.6 Å². The molecule has 1 aromatic heterocycles. The molecule has 2 aromatic rings. The number of thiophene rings is 1. The molecule has 1 atom stereocenters. The molecule has 1 N–H and O–H groups in total. The minimum atomic E-state index is -0.529. The van der Waals surface area contributed by atoms with Gasteiger partial charge in [-0.15, -0.1) is 11.3 Å². The van der Waals surface area contributed by atoms with E-state index >= 15 is 0 Å². The van der Waals surface area contributed by atoms with Crippen LogP contribution in [0.2, 0.25) is 0 Å². The van der Waals surface area contributed by atoms with Gasteiger partial charge >= 0.3 is 0 Å². The third-order valence-corrected chi connectivity index (χ3v) is 4.31. The van der Waals surface area contributed by atoms with Gasteiger partial charge in [0.2, 0.25) is 0 Å². The van der Waals surface area contributed by atoms with Crippen molar-refractivity contribution in [3.63, 3.8) is 0 Å². The molecule has 0 amide bonds. The Labute approximate surface area is 119 Å². The molecule has 0 fully saturated rings. The van der Waals surface area contributed by atoms with Crippen molar-refractivity contribution >= 4 is 27.3 Å². The summed E-state index contributed by atoms with van der Waals surface area (Å²) in [6.45, 7) is 2.55. The van der Waals surface area contributed by atoms with E-state index in [0.29, 0.717) is 13.0 Å². The van der Waals surface area contributed by atoms with E-state index < -0.39 is 6.10 Å². The highest BCUT2D eigenvalue weighted by Crippen LogP contribution is 2.30. The van der Waals surface area contributed by atoms with Gasteiger partial charge in [0, 0.05) is 26.7 Å². The summed E-state index contributed by atoms with van der Waals surface area (Å²) in [7, 11) is 0. The van der Waals surface area contributed by atoms with E-state index in [-0.39, 0.29) is 0 Å². The molecule has 0 saturated carbocycles. The highest BCUT2D eigenvalue weighted by Gasteiger charge is 2.14. The molecule has 2 nitrogen and oxygen atoms in total. The molecule has 0 saturated heterocycles. The first-order valence-corrected chi connectivity index (χ1v) is 7.50. The molecule has 18 heavy (non-hydrogen) atoms. The normalized spacial score (nSPS) is 12.4. The standard InChI is InChI=1S/C14H15BrO2S/c1-2-17-14-6-4-3-5-12(14)13(16)8-11-7-10(15)9-18-11/h3-7,9,13,16H,2,8H2,1H3. The van der Waals surface area contributed by atoms with Crippen LogP contribution in [0, 0.1) is 0 Å². The van der Waals surface area contributed by atoms with Crippen LogP contribution in [0.3, 0.4) is 0 Å². The fourth-order valence-electron chi connectivity index (χ4n) is 1.80. The molecule has 1 unspecified atom stereocenters. The summed E-state index contributed by atoms with van der Waals surface area (Å²) in [5.74, 6) is 0.767.